The van der Waals surface area contributed by atoms with Crippen LogP contribution in [0.2, 0.25) is 0 Å². The lowest BCUT2D eigenvalue weighted by Gasteiger charge is -2.11. The molecule has 0 saturated heterocycles. The number of nitrogens with zero attached hydrogens (tertiary/aromatic N) is 1. The van der Waals surface area contributed by atoms with E-state index in [0.717, 1.165) is 0 Å². The highest BCUT2D eigenvalue weighted by Crippen LogP contribution is 2.07. The predicted molar refractivity (Wildman–Crippen MR) is 46.6 cm³/mol. The standard InChI is InChI=1S/C9H17N/c1-6-10(5)7-9(4)8(2)3/h6-8H,1H2,2-5H3/b9-7+. The van der Waals surface area contributed by atoms with E-state index in [9.17, 15) is 0 Å². The molecule has 1 heteroatoms. The summed E-state index contributed by atoms with van der Waals surface area (Å²) in [5.41, 5.74) is 1.38. The molecule has 0 amide bonds. The largest absolute Gasteiger partial charge is 0.358 e. The maximum atomic E-state index is 3.65. The van der Waals surface area contributed by atoms with Gasteiger partial charge in [-0.15, -0.1) is 0 Å². The Morgan fingerprint density at radius 2 is 2.00 bits per heavy atom. The molecule has 0 N–H and O–H groups in total. The molecule has 0 heterocycles. The topological polar surface area (TPSA) is 3.24 Å². The Balaban J connectivity index is 4.01. The van der Waals surface area contributed by atoms with Crippen molar-refractivity contribution in [2.75, 3.05) is 7.05 Å². The minimum atomic E-state index is 0.627. The van der Waals surface area contributed by atoms with Crippen molar-refractivity contribution in [1.29, 1.82) is 0 Å². The van der Waals surface area contributed by atoms with Gasteiger partial charge < -0.3 is 4.90 Å². The van der Waals surface area contributed by atoms with Crippen molar-refractivity contribution in [1.82, 2.24) is 4.90 Å². The molecular weight excluding hydrogens is 122 g/mol. The van der Waals surface area contributed by atoms with Gasteiger partial charge in [-0.2, -0.15) is 0 Å². The summed E-state index contributed by atoms with van der Waals surface area (Å²) in [4.78, 5) is 1.97. The monoisotopic (exact) mass is 139 g/mol. The Hall–Kier alpha value is -0.720. The average molecular weight is 139 g/mol. The molecule has 0 aromatic carbocycles. The Morgan fingerprint density at radius 3 is 2.30 bits per heavy atom. The lowest BCUT2D eigenvalue weighted by atomic mass is 10.1. The first-order chi connectivity index (χ1) is 4.57. The SMILES string of the molecule is C=CN(C)/C=C(\C)C(C)C. The Kier molecular flexibility index (Phi) is 3.85. The molecule has 0 fully saturated rings. The zero-order valence-electron chi connectivity index (χ0n) is 7.39. The fourth-order valence-electron chi connectivity index (χ4n) is 0.523. The predicted octanol–water partition coefficient (Wildman–Crippen LogP) is 2.62. The van der Waals surface area contributed by atoms with Crippen LogP contribution in [0.5, 0.6) is 0 Å². The minimum absolute atomic E-state index is 0.627. The number of hydrogen-bond acceptors (Lipinski definition) is 1. The molecule has 0 aliphatic carbocycles. The van der Waals surface area contributed by atoms with Gasteiger partial charge in [-0.05, 0) is 19.0 Å². The van der Waals surface area contributed by atoms with E-state index >= 15 is 0 Å². The highest BCUT2D eigenvalue weighted by Gasteiger charge is 1.95. The highest BCUT2D eigenvalue weighted by molar-refractivity contribution is 5.01. The maximum absolute atomic E-state index is 3.65. The van der Waals surface area contributed by atoms with Crippen LogP contribution < -0.4 is 0 Å². The van der Waals surface area contributed by atoms with E-state index in [0.29, 0.717) is 5.92 Å². The Bertz CT molecular complexity index is 134. The second-order valence-electron chi connectivity index (χ2n) is 2.88. The molecule has 0 aliphatic rings. The van der Waals surface area contributed by atoms with Gasteiger partial charge in [0, 0.05) is 13.2 Å². The fraction of sp³-hybridized carbons (Fsp3) is 0.556. The van der Waals surface area contributed by atoms with Crippen molar-refractivity contribution in [2.45, 2.75) is 20.8 Å². The molecule has 58 valence electrons. The maximum Gasteiger partial charge on any atom is 0.0106 e. The smallest absolute Gasteiger partial charge is 0.0106 e. The van der Waals surface area contributed by atoms with Crippen molar-refractivity contribution >= 4 is 0 Å². The van der Waals surface area contributed by atoms with Crippen LogP contribution in [0.1, 0.15) is 20.8 Å². The van der Waals surface area contributed by atoms with Gasteiger partial charge in [0.2, 0.25) is 0 Å². The zero-order valence-corrected chi connectivity index (χ0v) is 7.39. The van der Waals surface area contributed by atoms with E-state index in [1.807, 2.05) is 11.9 Å². The van der Waals surface area contributed by atoms with E-state index in [-0.39, 0.29) is 0 Å². The van der Waals surface area contributed by atoms with Crippen molar-refractivity contribution in [3.05, 3.63) is 24.6 Å². The van der Waals surface area contributed by atoms with Gasteiger partial charge in [-0.25, -0.2) is 0 Å². The first kappa shape index (κ1) is 9.28. The molecule has 0 unspecified atom stereocenters. The molecule has 0 rings (SSSR count). The average Bonchev–Trinajstić information content (AvgIpc) is 1.87. The lowest BCUT2D eigenvalue weighted by Crippen LogP contribution is -2.02. The molecule has 0 aliphatic heterocycles. The summed E-state index contributed by atoms with van der Waals surface area (Å²) in [5.74, 6) is 0.627. The van der Waals surface area contributed by atoms with Gasteiger partial charge >= 0.3 is 0 Å². The normalized spacial score (nSPS) is 11.9. The van der Waals surface area contributed by atoms with E-state index in [2.05, 4.69) is 33.6 Å². The molecule has 0 spiro atoms. The second-order valence-corrected chi connectivity index (χ2v) is 2.88. The van der Waals surface area contributed by atoms with Crippen molar-refractivity contribution in [2.24, 2.45) is 5.92 Å². The van der Waals surface area contributed by atoms with Gasteiger partial charge in [-0.3, -0.25) is 0 Å². The van der Waals surface area contributed by atoms with E-state index < -0.39 is 0 Å². The summed E-state index contributed by atoms with van der Waals surface area (Å²) in [5, 5.41) is 0. The van der Waals surface area contributed by atoms with Crippen LogP contribution in [0.4, 0.5) is 0 Å². The summed E-state index contributed by atoms with van der Waals surface area (Å²) >= 11 is 0. The van der Waals surface area contributed by atoms with Crippen molar-refractivity contribution in [3.8, 4) is 0 Å². The number of allylic oxidation sites excluding steroid dienone is 1. The Labute approximate surface area is 64.0 Å². The third-order valence-electron chi connectivity index (χ3n) is 1.61. The summed E-state index contributed by atoms with van der Waals surface area (Å²) in [6.45, 7) is 10.2. The van der Waals surface area contributed by atoms with E-state index in [4.69, 9.17) is 0 Å². The summed E-state index contributed by atoms with van der Waals surface area (Å²) < 4.78 is 0. The second kappa shape index (κ2) is 4.15. The first-order valence-corrected chi connectivity index (χ1v) is 3.60. The fourth-order valence-corrected chi connectivity index (χ4v) is 0.523. The van der Waals surface area contributed by atoms with Gasteiger partial charge in [0.15, 0.2) is 0 Å². The van der Waals surface area contributed by atoms with Crippen molar-refractivity contribution < 1.29 is 0 Å². The molecule has 10 heavy (non-hydrogen) atoms. The van der Waals surface area contributed by atoms with Crippen molar-refractivity contribution in [3.63, 3.8) is 0 Å². The third kappa shape index (κ3) is 3.33. The van der Waals surface area contributed by atoms with E-state index in [1.54, 1.807) is 6.20 Å². The summed E-state index contributed by atoms with van der Waals surface area (Å²) in [6, 6.07) is 0. The molecule has 0 aromatic heterocycles. The lowest BCUT2D eigenvalue weighted by molar-refractivity contribution is 0.603. The number of rotatable bonds is 3. The van der Waals surface area contributed by atoms with Crippen LogP contribution in [0, 0.1) is 5.92 Å². The van der Waals surface area contributed by atoms with Crippen LogP contribution in [-0.2, 0) is 0 Å². The van der Waals surface area contributed by atoms with Crippen LogP contribution in [0.25, 0.3) is 0 Å². The minimum Gasteiger partial charge on any atom is -0.358 e. The summed E-state index contributed by atoms with van der Waals surface area (Å²) in [7, 11) is 1.98. The Morgan fingerprint density at radius 1 is 1.50 bits per heavy atom. The van der Waals surface area contributed by atoms with Crippen LogP contribution in [0.15, 0.2) is 24.6 Å². The molecule has 1 nitrogen and oxygen atoms in total. The van der Waals surface area contributed by atoms with Gasteiger partial charge in [0.1, 0.15) is 0 Å². The first-order valence-electron chi connectivity index (χ1n) is 3.60. The van der Waals surface area contributed by atoms with Crippen LogP contribution in [-0.4, -0.2) is 11.9 Å². The number of hydrogen-bond donors (Lipinski definition) is 0. The summed E-state index contributed by atoms with van der Waals surface area (Å²) in [6.07, 6.45) is 3.89. The molecule has 0 aromatic rings. The molecule has 0 bridgehead atoms. The van der Waals surface area contributed by atoms with Crippen LogP contribution >= 0.6 is 0 Å². The van der Waals surface area contributed by atoms with Crippen LogP contribution in [0.3, 0.4) is 0 Å². The third-order valence-corrected chi connectivity index (χ3v) is 1.61. The highest BCUT2D eigenvalue weighted by atomic mass is 15.0. The molecule has 0 saturated carbocycles. The van der Waals surface area contributed by atoms with Gasteiger partial charge in [0.05, 0.1) is 0 Å². The molecule has 0 radical (unpaired) electrons. The van der Waals surface area contributed by atoms with Gasteiger partial charge in [0.25, 0.3) is 0 Å². The molecular formula is C9H17N. The quantitative estimate of drug-likeness (QED) is 0.581. The van der Waals surface area contributed by atoms with E-state index in [1.165, 1.54) is 5.57 Å². The molecule has 0 atom stereocenters. The van der Waals surface area contributed by atoms with Gasteiger partial charge in [-0.1, -0.05) is 26.0 Å². The zero-order chi connectivity index (χ0) is 8.15.